The topological polar surface area (TPSA) is 85.7 Å². The van der Waals surface area contributed by atoms with Crippen LogP contribution in [0.5, 0.6) is 0 Å². The van der Waals surface area contributed by atoms with Gasteiger partial charge in [0.05, 0.1) is 12.7 Å². The fraction of sp³-hybridized carbons (Fsp3) is 0.143. The summed E-state index contributed by atoms with van der Waals surface area (Å²) in [5.41, 5.74) is 0.239. The second-order valence-corrected chi connectivity index (χ2v) is 2.82. The van der Waals surface area contributed by atoms with E-state index in [2.05, 4.69) is 14.1 Å². The number of hydrogen-bond acceptors (Lipinski definition) is 6. The van der Waals surface area contributed by atoms with Crippen LogP contribution in [0.1, 0.15) is 10.4 Å². The van der Waals surface area contributed by atoms with Gasteiger partial charge in [0, 0.05) is 6.20 Å². The van der Waals surface area contributed by atoms with E-state index in [-0.39, 0.29) is 11.4 Å². The molecule has 1 aromatic rings. The van der Waals surface area contributed by atoms with Gasteiger partial charge in [0.25, 0.3) is 0 Å². The highest BCUT2D eigenvalue weighted by Crippen LogP contribution is 2.08. The van der Waals surface area contributed by atoms with Crippen LogP contribution in [0.25, 0.3) is 0 Å². The second-order valence-electron chi connectivity index (χ2n) is 2.21. The van der Waals surface area contributed by atoms with Crippen molar-refractivity contribution in [3.63, 3.8) is 0 Å². The van der Waals surface area contributed by atoms with Crippen LogP contribution in [0.4, 0.5) is 5.82 Å². The average Bonchev–Trinajstić information content (AvgIpc) is 2.17. The molecule has 1 aromatic heterocycles. The average molecular weight is 214 g/mol. The first kappa shape index (κ1) is 10.3. The summed E-state index contributed by atoms with van der Waals surface area (Å²) in [7, 11) is -1.30. The minimum absolute atomic E-state index is 0.0194. The molecule has 7 heteroatoms. The molecule has 0 saturated carbocycles. The maximum Gasteiger partial charge on any atom is 0.339 e. The Bertz CT molecular complexity index is 455. The quantitative estimate of drug-likeness (QED) is 0.671. The molecule has 0 amide bonds. The second kappa shape index (κ2) is 4.47. The van der Waals surface area contributed by atoms with Crippen LogP contribution in [0.15, 0.2) is 22.7 Å². The van der Waals surface area contributed by atoms with Crippen LogP contribution >= 0.6 is 0 Å². The van der Waals surface area contributed by atoms with E-state index in [1.165, 1.54) is 25.4 Å². The van der Waals surface area contributed by atoms with Gasteiger partial charge < -0.3 is 4.74 Å². The Labute approximate surface area is 81.2 Å². The number of nitrogens with zero attached hydrogens (tertiary/aromatic N) is 2. The van der Waals surface area contributed by atoms with Gasteiger partial charge in [-0.3, -0.25) is 0 Å². The molecule has 6 nitrogen and oxygen atoms in total. The molecule has 0 aliphatic heterocycles. The largest absolute Gasteiger partial charge is 0.465 e. The van der Waals surface area contributed by atoms with E-state index in [1.54, 1.807) is 0 Å². The third-order valence-electron chi connectivity index (χ3n) is 1.34. The molecule has 0 spiro atoms. The predicted octanol–water partition coefficient (Wildman–Crippen LogP) is 0.562. The fourth-order valence-corrected chi connectivity index (χ4v) is 1.02. The van der Waals surface area contributed by atoms with Crippen molar-refractivity contribution < 1.29 is 17.9 Å². The van der Waals surface area contributed by atoms with Crippen molar-refractivity contribution in [1.29, 1.82) is 0 Å². The zero-order chi connectivity index (χ0) is 10.6. The first-order valence-corrected chi connectivity index (χ1v) is 4.52. The normalized spacial score (nSPS) is 9.21. The van der Waals surface area contributed by atoms with Gasteiger partial charge in [-0.2, -0.15) is 8.42 Å². The number of ether oxygens (including phenoxy) is 1. The highest BCUT2D eigenvalue weighted by molar-refractivity contribution is 7.61. The van der Waals surface area contributed by atoms with Crippen molar-refractivity contribution in [2.24, 2.45) is 4.36 Å². The molecule has 74 valence electrons. The molecule has 0 aliphatic carbocycles. The molecule has 1 heterocycles. The molecule has 0 aromatic carbocycles. The van der Waals surface area contributed by atoms with Gasteiger partial charge in [0.2, 0.25) is 0 Å². The Balaban J connectivity index is 3.00. The van der Waals surface area contributed by atoms with E-state index in [1.807, 2.05) is 0 Å². The highest BCUT2D eigenvalue weighted by atomic mass is 32.2. The number of carbonyl (C=O) groups is 1. The standard InChI is InChI=1S/C7H6N2O4S/c1-13-7(10)5-2-3-6(8-4-5)9-14(11)12/h2-4H,1H3. The van der Waals surface area contributed by atoms with Crippen molar-refractivity contribution in [2.75, 3.05) is 7.11 Å². The van der Waals surface area contributed by atoms with Gasteiger partial charge in [0.15, 0.2) is 5.82 Å². The number of esters is 1. The third kappa shape index (κ3) is 2.63. The molecule has 0 unspecified atom stereocenters. The maximum atomic E-state index is 10.9. The number of pyridine rings is 1. The summed E-state index contributed by atoms with van der Waals surface area (Å²) >= 11 is 0. The first-order chi connectivity index (χ1) is 6.63. The van der Waals surface area contributed by atoms with Crippen LogP contribution in [0.3, 0.4) is 0 Å². The Morgan fingerprint density at radius 1 is 1.50 bits per heavy atom. The van der Waals surface area contributed by atoms with Crippen LogP contribution in [-0.2, 0) is 15.2 Å². The van der Waals surface area contributed by atoms with Gasteiger partial charge >= 0.3 is 16.5 Å². The third-order valence-corrected chi connectivity index (χ3v) is 1.67. The summed E-state index contributed by atoms with van der Waals surface area (Å²) in [5.74, 6) is -0.515. The molecule has 0 atom stereocenters. The summed E-state index contributed by atoms with van der Waals surface area (Å²) in [5, 5.41) is 0. The summed E-state index contributed by atoms with van der Waals surface area (Å²) in [6.45, 7) is 0. The first-order valence-electron chi connectivity index (χ1n) is 3.49. The molecule has 0 N–H and O–H groups in total. The predicted molar refractivity (Wildman–Crippen MR) is 46.6 cm³/mol. The number of hydrogen-bond donors (Lipinski definition) is 0. The maximum absolute atomic E-state index is 10.9. The Morgan fingerprint density at radius 3 is 2.64 bits per heavy atom. The molecule has 0 bridgehead atoms. The van der Waals surface area contributed by atoms with E-state index in [0.717, 1.165) is 0 Å². The van der Waals surface area contributed by atoms with Gasteiger partial charge in [-0.1, -0.05) is 0 Å². The van der Waals surface area contributed by atoms with Crippen LogP contribution in [0.2, 0.25) is 0 Å². The lowest BCUT2D eigenvalue weighted by Crippen LogP contribution is -2.00. The zero-order valence-corrected chi connectivity index (χ0v) is 7.98. The van der Waals surface area contributed by atoms with E-state index >= 15 is 0 Å². The lowest BCUT2D eigenvalue weighted by molar-refractivity contribution is 0.0600. The van der Waals surface area contributed by atoms with Crippen LogP contribution in [0, 0.1) is 0 Å². The molecule has 1 rings (SSSR count). The van der Waals surface area contributed by atoms with Crippen molar-refractivity contribution in [1.82, 2.24) is 4.98 Å². The molecule has 0 fully saturated rings. The van der Waals surface area contributed by atoms with E-state index in [4.69, 9.17) is 0 Å². The summed E-state index contributed by atoms with van der Waals surface area (Å²) in [6, 6.07) is 2.69. The van der Waals surface area contributed by atoms with Gasteiger partial charge in [-0.05, 0) is 12.1 Å². The summed E-state index contributed by atoms with van der Waals surface area (Å²) in [4.78, 5) is 14.6. The van der Waals surface area contributed by atoms with Crippen LogP contribution < -0.4 is 0 Å². The van der Waals surface area contributed by atoms with E-state index < -0.39 is 16.5 Å². The number of aromatic nitrogens is 1. The highest BCUT2D eigenvalue weighted by Gasteiger charge is 2.04. The Kier molecular flexibility index (Phi) is 3.29. The summed E-state index contributed by atoms with van der Waals surface area (Å²) < 4.78 is 27.9. The monoisotopic (exact) mass is 214 g/mol. The molecule has 0 saturated heterocycles. The molecular formula is C7H6N2O4S. The van der Waals surface area contributed by atoms with Crippen molar-refractivity contribution in [3.8, 4) is 0 Å². The van der Waals surface area contributed by atoms with Crippen LogP contribution in [-0.4, -0.2) is 26.5 Å². The van der Waals surface area contributed by atoms with Gasteiger partial charge in [-0.15, -0.1) is 4.36 Å². The fourth-order valence-electron chi connectivity index (χ4n) is 0.755. The van der Waals surface area contributed by atoms with Crippen molar-refractivity contribution in [3.05, 3.63) is 23.9 Å². The molecule has 14 heavy (non-hydrogen) atoms. The van der Waals surface area contributed by atoms with Crippen molar-refractivity contribution >= 4 is 22.3 Å². The Morgan fingerprint density at radius 2 is 2.21 bits per heavy atom. The molecule has 0 aliphatic rings. The molecular weight excluding hydrogens is 208 g/mol. The van der Waals surface area contributed by atoms with E-state index in [0.29, 0.717) is 0 Å². The van der Waals surface area contributed by atoms with E-state index in [9.17, 15) is 13.2 Å². The lowest BCUT2D eigenvalue weighted by atomic mass is 10.3. The minimum atomic E-state index is -2.54. The smallest absolute Gasteiger partial charge is 0.339 e. The summed E-state index contributed by atoms with van der Waals surface area (Å²) in [6.07, 6.45) is 1.19. The SMILES string of the molecule is COC(=O)c1ccc(N=S(=O)=O)nc1. The number of carbonyl (C=O) groups excluding carboxylic acids is 1. The minimum Gasteiger partial charge on any atom is -0.465 e. The number of rotatable bonds is 2. The number of methoxy groups -OCH3 is 1. The lowest BCUT2D eigenvalue weighted by Gasteiger charge is -1.96. The van der Waals surface area contributed by atoms with Gasteiger partial charge in [-0.25, -0.2) is 9.78 Å². The molecule has 0 radical (unpaired) electrons. The Hall–Kier alpha value is -1.76. The zero-order valence-electron chi connectivity index (χ0n) is 7.17. The van der Waals surface area contributed by atoms with Crippen molar-refractivity contribution in [2.45, 2.75) is 0 Å². The van der Waals surface area contributed by atoms with Gasteiger partial charge in [0.1, 0.15) is 0 Å².